The highest BCUT2D eigenvalue weighted by Gasteiger charge is 2.03. The van der Waals surface area contributed by atoms with Crippen molar-refractivity contribution in [1.82, 2.24) is 5.32 Å². The Morgan fingerprint density at radius 3 is 2.38 bits per heavy atom. The highest BCUT2D eigenvalue weighted by molar-refractivity contribution is 5.27. The molecule has 2 aromatic rings. The molecule has 21 heavy (non-hydrogen) atoms. The summed E-state index contributed by atoms with van der Waals surface area (Å²) >= 11 is 0. The van der Waals surface area contributed by atoms with Gasteiger partial charge in [0.05, 0.1) is 6.10 Å². The summed E-state index contributed by atoms with van der Waals surface area (Å²) in [5.41, 5.74) is 1.39. The van der Waals surface area contributed by atoms with E-state index in [0.717, 1.165) is 23.4 Å². The Bertz CT molecular complexity index is 582. The smallest absolute Gasteiger partial charge is 0.127 e. The molecule has 0 aliphatic carbocycles. The Morgan fingerprint density at radius 2 is 1.71 bits per heavy atom. The predicted octanol–water partition coefficient (Wildman–Crippen LogP) is 4.04. The molecule has 0 saturated heterocycles. The Kier molecular flexibility index (Phi) is 5.28. The van der Waals surface area contributed by atoms with Gasteiger partial charge in [0.1, 0.15) is 17.4 Å². The molecule has 0 saturated carbocycles. The minimum atomic E-state index is -0.427. The second kappa shape index (κ2) is 7.18. The molecule has 0 bridgehead atoms. The van der Waals surface area contributed by atoms with E-state index in [1.165, 1.54) is 6.07 Å². The normalized spacial score (nSPS) is 10.9. The van der Waals surface area contributed by atoms with Gasteiger partial charge in [-0.25, -0.2) is 8.78 Å². The molecule has 4 heteroatoms. The number of hydrogen-bond donors (Lipinski definition) is 1. The van der Waals surface area contributed by atoms with Crippen LogP contribution in [0, 0.1) is 11.6 Å². The van der Waals surface area contributed by atoms with Crippen LogP contribution in [0.5, 0.6) is 5.75 Å². The van der Waals surface area contributed by atoms with E-state index in [2.05, 4.69) is 5.32 Å². The molecule has 0 radical (unpaired) electrons. The highest BCUT2D eigenvalue weighted by Crippen LogP contribution is 2.14. The molecular formula is C17H19F2NO. The number of ether oxygens (including phenoxy) is 1. The highest BCUT2D eigenvalue weighted by atomic mass is 19.1. The molecule has 0 aliphatic heterocycles. The second-order valence-electron chi connectivity index (χ2n) is 5.15. The maximum Gasteiger partial charge on any atom is 0.127 e. The molecular weight excluding hydrogens is 272 g/mol. The molecule has 0 atom stereocenters. The first-order chi connectivity index (χ1) is 10.0. The van der Waals surface area contributed by atoms with Gasteiger partial charge < -0.3 is 10.1 Å². The minimum absolute atomic E-state index is 0.143. The summed E-state index contributed by atoms with van der Waals surface area (Å²) in [5, 5.41) is 3.10. The first-order valence-corrected chi connectivity index (χ1v) is 6.95. The van der Waals surface area contributed by atoms with Gasteiger partial charge >= 0.3 is 0 Å². The van der Waals surface area contributed by atoms with Crippen LogP contribution in [-0.4, -0.2) is 6.10 Å². The number of benzene rings is 2. The molecule has 1 N–H and O–H groups in total. The van der Waals surface area contributed by atoms with Crippen molar-refractivity contribution < 1.29 is 13.5 Å². The molecule has 0 fully saturated rings. The standard InChI is InChI=1S/C17H19F2NO/c1-12(2)21-16-6-3-13(4-7-16)10-20-11-14-9-15(18)5-8-17(14)19/h3-9,12,20H,10-11H2,1-2H3. The lowest BCUT2D eigenvalue weighted by atomic mass is 10.2. The van der Waals surface area contributed by atoms with Crippen molar-refractivity contribution in [1.29, 1.82) is 0 Å². The molecule has 2 nitrogen and oxygen atoms in total. The fraction of sp³-hybridized carbons (Fsp3) is 0.294. The van der Waals surface area contributed by atoms with Gasteiger partial charge in [-0.2, -0.15) is 0 Å². The van der Waals surface area contributed by atoms with Crippen molar-refractivity contribution >= 4 is 0 Å². The Hall–Kier alpha value is -1.94. The SMILES string of the molecule is CC(C)Oc1ccc(CNCc2cc(F)ccc2F)cc1. The summed E-state index contributed by atoms with van der Waals surface area (Å²) in [6, 6.07) is 11.2. The zero-order chi connectivity index (χ0) is 15.2. The molecule has 0 unspecified atom stereocenters. The van der Waals surface area contributed by atoms with E-state index in [1.807, 2.05) is 38.1 Å². The maximum absolute atomic E-state index is 13.4. The van der Waals surface area contributed by atoms with Gasteiger partial charge in [-0.3, -0.25) is 0 Å². The van der Waals surface area contributed by atoms with Gasteiger partial charge in [-0.1, -0.05) is 12.1 Å². The van der Waals surface area contributed by atoms with Crippen LogP contribution < -0.4 is 10.1 Å². The second-order valence-corrected chi connectivity index (χ2v) is 5.15. The van der Waals surface area contributed by atoms with E-state index < -0.39 is 11.6 Å². The van der Waals surface area contributed by atoms with E-state index in [1.54, 1.807) is 0 Å². The van der Waals surface area contributed by atoms with Gasteiger partial charge in [0, 0.05) is 18.7 Å². The maximum atomic E-state index is 13.4. The van der Waals surface area contributed by atoms with Crippen molar-refractivity contribution in [3.63, 3.8) is 0 Å². The number of halogens is 2. The lowest BCUT2D eigenvalue weighted by Gasteiger charge is -2.10. The Labute approximate surface area is 123 Å². The third-order valence-corrected chi connectivity index (χ3v) is 2.95. The van der Waals surface area contributed by atoms with Crippen LogP contribution in [-0.2, 0) is 13.1 Å². The Balaban J connectivity index is 1.87. The summed E-state index contributed by atoms with van der Waals surface area (Å²) in [5.74, 6) is -0.00195. The number of nitrogens with one attached hydrogen (secondary N) is 1. The third-order valence-electron chi connectivity index (χ3n) is 2.95. The van der Waals surface area contributed by atoms with Gasteiger partial charge in [-0.05, 0) is 49.7 Å². The van der Waals surface area contributed by atoms with Crippen LogP contribution in [0.4, 0.5) is 8.78 Å². The van der Waals surface area contributed by atoms with E-state index in [0.29, 0.717) is 12.1 Å². The van der Waals surface area contributed by atoms with Crippen LogP contribution >= 0.6 is 0 Å². The lowest BCUT2D eigenvalue weighted by molar-refractivity contribution is 0.242. The quantitative estimate of drug-likeness (QED) is 0.867. The minimum Gasteiger partial charge on any atom is -0.491 e. The zero-order valence-electron chi connectivity index (χ0n) is 12.2. The molecule has 112 valence electrons. The first-order valence-electron chi connectivity index (χ1n) is 6.95. The van der Waals surface area contributed by atoms with Crippen molar-refractivity contribution in [3.8, 4) is 5.75 Å². The van der Waals surface area contributed by atoms with Crippen LogP contribution in [0.2, 0.25) is 0 Å². The molecule has 0 aliphatic rings. The van der Waals surface area contributed by atoms with Gasteiger partial charge in [0.15, 0.2) is 0 Å². The number of hydrogen-bond acceptors (Lipinski definition) is 2. The first kappa shape index (κ1) is 15.4. The van der Waals surface area contributed by atoms with Crippen LogP contribution in [0.1, 0.15) is 25.0 Å². The van der Waals surface area contributed by atoms with Gasteiger partial charge in [0.2, 0.25) is 0 Å². The average molecular weight is 291 g/mol. The van der Waals surface area contributed by atoms with Gasteiger partial charge in [-0.15, -0.1) is 0 Å². The van der Waals surface area contributed by atoms with Crippen LogP contribution in [0.15, 0.2) is 42.5 Å². The molecule has 0 spiro atoms. The lowest BCUT2D eigenvalue weighted by Crippen LogP contribution is -2.14. The summed E-state index contributed by atoms with van der Waals surface area (Å²) in [6.45, 7) is 4.82. The van der Waals surface area contributed by atoms with E-state index in [4.69, 9.17) is 4.74 Å². The third kappa shape index (κ3) is 4.83. The topological polar surface area (TPSA) is 21.3 Å². The van der Waals surface area contributed by atoms with Crippen molar-refractivity contribution in [2.24, 2.45) is 0 Å². The van der Waals surface area contributed by atoms with E-state index >= 15 is 0 Å². The van der Waals surface area contributed by atoms with E-state index in [9.17, 15) is 8.78 Å². The monoisotopic (exact) mass is 291 g/mol. The molecule has 2 aromatic carbocycles. The summed E-state index contributed by atoms with van der Waals surface area (Å²) in [7, 11) is 0. The largest absolute Gasteiger partial charge is 0.491 e. The summed E-state index contributed by atoms with van der Waals surface area (Å²) < 4.78 is 32.0. The molecule has 0 aromatic heterocycles. The van der Waals surface area contributed by atoms with Crippen LogP contribution in [0.25, 0.3) is 0 Å². The van der Waals surface area contributed by atoms with Gasteiger partial charge in [0.25, 0.3) is 0 Å². The predicted molar refractivity (Wildman–Crippen MR) is 79.1 cm³/mol. The van der Waals surface area contributed by atoms with Crippen molar-refractivity contribution in [3.05, 3.63) is 65.2 Å². The molecule has 2 rings (SSSR count). The van der Waals surface area contributed by atoms with Crippen LogP contribution in [0.3, 0.4) is 0 Å². The molecule has 0 amide bonds. The fourth-order valence-corrected chi connectivity index (χ4v) is 1.98. The summed E-state index contributed by atoms with van der Waals surface area (Å²) in [6.07, 6.45) is 0.143. The molecule has 0 heterocycles. The van der Waals surface area contributed by atoms with E-state index in [-0.39, 0.29) is 12.6 Å². The summed E-state index contributed by atoms with van der Waals surface area (Å²) in [4.78, 5) is 0. The zero-order valence-corrected chi connectivity index (χ0v) is 12.2. The average Bonchev–Trinajstić information content (AvgIpc) is 2.44. The Morgan fingerprint density at radius 1 is 1.00 bits per heavy atom. The number of rotatable bonds is 6. The van der Waals surface area contributed by atoms with Crippen molar-refractivity contribution in [2.45, 2.75) is 33.0 Å². The van der Waals surface area contributed by atoms with Crippen molar-refractivity contribution in [2.75, 3.05) is 0 Å². The fourth-order valence-electron chi connectivity index (χ4n) is 1.98.